The first-order valence-electron chi connectivity index (χ1n) is 11.8. The molecule has 1 fully saturated rings. The molecule has 0 aromatic heterocycles. The molecule has 38 heavy (non-hydrogen) atoms. The van der Waals surface area contributed by atoms with Crippen LogP contribution in [0, 0.1) is 11.6 Å². The highest BCUT2D eigenvalue weighted by Crippen LogP contribution is 2.36. The highest BCUT2D eigenvalue weighted by molar-refractivity contribution is 7.80. The van der Waals surface area contributed by atoms with E-state index >= 15 is 0 Å². The predicted octanol–water partition coefficient (Wildman–Crippen LogP) is 5.50. The second-order valence-electron chi connectivity index (χ2n) is 8.26. The van der Waals surface area contributed by atoms with Gasteiger partial charge in [-0.15, -0.1) is 6.58 Å². The van der Waals surface area contributed by atoms with E-state index in [1.54, 1.807) is 36.4 Å². The van der Waals surface area contributed by atoms with Crippen LogP contribution in [0.15, 0.2) is 78.9 Å². The number of hydrogen-bond donors (Lipinski definition) is 1. The minimum atomic E-state index is -0.760. The lowest BCUT2D eigenvalue weighted by molar-refractivity contribution is -0.122. The Balaban J connectivity index is 1.72. The molecule has 6 nitrogen and oxygen atoms in total. The topological polar surface area (TPSA) is 67.9 Å². The molecule has 0 saturated carbocycles. The van der Waals surface area contributed by atoms with Gasteiger partial charge in [0.15, 0.2) is 16.6 Å². The zero-order chi connectivity index (χ0) is 27.2. The van der Waals surface area contributed by atoms with Crippen molar-refractivity contribution in [2.45, 2.75) is 20.0 Å². The van der Waals surface area contributed by atoms with Crippen LogP contribution in [0.4, 0.5) is 14.5 Å². The maximum Gasteiger partial charge on any atom is 0.270 e. The van der Waals surface area contributed by atoms with Crippen LogP contribution in [0.2, 0.25) is 0 Å². The van der Waals surface area contributed by atoms with Crippen LogP contribution < -0.4 is 19.7 Å². The summed E-state index contributed by atoms with van der Waals surface area (Å²) in [5.74, 6) is -1.61. The molecule has 4 rings (SSSR count). The predicted molar refractivity (Wildman–Crippen MR) is 145 cm³/mol. The summed E-state index contributed by atoms with van der Waals surface area (Å²) >= 11 is 5.16. The fourth-order valence-corrected chi connectivity index (χ4v) is 4.19. The van der Waals surface area contributed by atoms with Crippen molar-refractivity contribution in [3.8, 4) is 11.5 Å². The van der Waals surface area contributed by atoms with Crippen LogP contribution in [0.1, 0.15) is 23.6 Å². The fraction of sp³-hybridized carbons (Fsp3) is 0.138. The van der Waals surface area contributed by atoms with Gasteiger partial charge < -0.3 is 9.47 Å². The van der Waals surface area contributed by atoms with Gasteiger partial charge in [-0.05, 0) is 79.2 Å². The lowest BCUT2D eigenvalue weighted by Gasteiger charge is -2.29. The monoisotopic (exact) mass is 534 g/mol. The highest BCUT2D eigenvalue weighted by Gasteiger charge is 2.35. The number of ether oxygens (including phenoxy) is 2. The Morgan fingerprint density at radius 3 is 2.47 bits per heavy atom. The summed E-state index contributed by atoms with van der Waals surface area (Å²) in [5.41, 5.74) is 1.65. The number of para-hydroxylation sites is 1. The van der Waals surface area contributed by atoms with Gasteiger partial charge in [-0.2, -0.15) is 0 Å². The normalized spacial score (nSPS) is 14.4. The average molecular weight is 535 g/mol. The number of nitrogens with one attached hydrogen (secondary N) is 1. The van der Waals surface area contributed by atoms with Crippen molar-refractivity contribution in [2.24, 2.45) is 0 Å². The van der Waals surface area contributed by atoms with E-state index < -0.39 is 17.6 Å². The van der Waals surface area contributed by atoms with Crippen molar-refractivity contribution in [2.75, 3.05) is 11.5 Å². The number of thiocarbonyl (C=S) groups is 1. The second-order valence-corrected chi connectivity index (χ2v) is 8.64. The standard InChI is InChI=1S/C29H24F2N2O4S/c1-3-7-20-14-19(16-25(36-4-2)26(20)37-17-18-10-12-21(30)13-11-18)15-22-27(34)32-29(38)33(28(22)35)24-9-6-5-8-23(24)31/h3,5-6,8-16H,1,4,7,17H2,2H3,(H,32,34,38)/b22-15+. The van der Waals surface area contributed by atoms with Gasteiger partial charge >= 0.3 is 0 Å². The van der Waals surface area contributed by atoms with E-state index in [1.807, 2.05) is 6.92 Å². The minimum absolute atomic E-state index is 0.0692. The molecule has 1 saturated heterocycles. The van der Waals surface area contributed by atoms with E-state index in [-0.39, 0.29) is 28.8 Å². The first-order valence-corrected chi connectivity index (χ1v) is 12.2. The molecule has 0 unspecified atom stereocenters. The van der Waals surface area contributed by atoms with Crippen molar-refractivity contribution in [3.05, 3.63) is 107 Å². The lowest BCUT2D eigenvalue weighted by atomic mass is 10.0. The van der Waals surface area contributed by atoms with Gasteiger partial charge in [0.05, 0.1) is 12.3 Å². The Hall–Kier alpha value is -4.37. The molecule has 0 bridgehead atoms. The molecule has 9 heteroatoms. The van der Waals surface area contributed by atoms with E-state index in [9.17, 15) is 18.4 Å². The number of rotatable bonds is 9. The Morgan fingerprint density at radius 1 is 1.05 bits per heavy atom. The SMILES string of the molecule is C=CCc1cc(/C=C2\C(=O)NC(=S)N(c3ccccc3F)C2=O)cc(OCC)c1OCc1ccc(F)cc1. The summed E-state index contributed by atoms with van der Waals surface area (Å²) in [6.07, 6.45) is 3.48. The number of carbonyl (C=O) groups excluding carboxylic acids is 2. The maximum atomic E-state index is 14.5. The zero-order valence-corrected chi connectivity index (χ0v) is 21.3. The molecule has 0 spiro atoms. The number of anilines is 1. The van der Waals surface area contributed by atoms with E-state index in [2.05, 4.69) is 11.9 Å². The summed E-state index contributed by atoms with van der Waals surface area (Å²) in [7, 11) is 0. The highest BCUT2D eigenvalue weighted by atomic mass is 32.1. The largest absolute Gasteiger partial charge is 0.490 e. The summed E-state index contributed by atoms with van der Waals surface area (Å²) in [6, 6.07) is 15.0. The van der Waals surface area contributed by atoms with Crippen molar-refractivity contribution in [3.63, 3.8) is 0 Å². The average Bonchev–Trinajstić information content (AvgIpc) is 2.88. The maximum absolute atomic E-state index is 14.5. The third kappa shape index (κ3) is 5.78. The molecule has 1 N–H and O–H groups in total. The number of nitrogens with zero attached hydrogens (tertiary/aromatic N) is 1. The molecule has 194 valence electrons. The van der Waals surface area contributed by atoms with Crippen LogP contribution in [0.25, 0.3) is 6.08 Å². The number of amides is 2. The van der Waals surface area contributed by atoms with Crippen LogP contribution in [-0.2, 0) is 22.6 Å². The molecule has 2 amide bonds. The van der Waals surface area contributed by atoms with Gasteiger partial charge in [-0.1, -0.05) is 30.3 Å². The molecular weight excluding hydrogens is 510 g/mol. The third-order valence-corrected chi connectivity index (χ3v) is 5.91. The number of halogens is 2. The van der Waals surface area contributed by atoms with E-state index in [4.69, 9.17) is 21.7 Å². The minimum Gasteiger partial charge on any atom is -0.490 e. The Morgan fingerprint density at radius 2 is 1.79 bits per heavy atom. The smallest absolute Gasteiger partial charge is 0.270 e. The summed E-state index contributed by atoms with van der Waals surface area (Å²) in [5, 5.41) is 2.24. The first kappa shape index (κ1) is 26.7. The molecule has 0 atom stereocenters. The zero-order valence-electron chi connectivity index (χ0n) is 20.5. The van der Waals surface area contributed by atoms with Crippen molar-refractivity contribution in [1.29, 1.82) is 0 Å². The van der Waals surface area contributed by atoms with Crippen molar-refractivity contribution in [1.82, 2.24) is 5.32 Å². The molecule has 1 aliphatic heterocycles. The van der Waals surface area contributed by atoms with Crippen LogP contribution >= 0.6 is 12.2 Å². The molecule has 0 radical (unpaired) electrons. The van der Waals surface area contributed by atoms with E-state index in [1.165, 1.54) is 36.4 Å². The Bertz CT molecular complexity index is 1440. The lowest BCUT2D eigenvalue weighted by Crippen LogP contribution is -2.54. The van der Waals surface area contributed by atoms with Gasteiger partial charge in [0.1, 0.15) is 23.8 Å². The molecule has 1 heterocycles. The molecular formula is C29H24F2N2O4S. The summed E-state index contributed by atoms with van der Waals surface area (Å²) in [4.78, 5) is 27.0. The van der Waals surface area contributed by atoms with Gasteiger partial charge in [0.2, 0.25) is 0 Å². The summed E-state index contributed by atoms with van der Waals surface area (Å²) in [6.45, 7) is 6.11. The van der Waals surface area contributed by atoms with Gasteiger partial charge in [0.25, 0.3) is 11.8 Å². The summed E-state index contributed by atoms with van der Waals surface area (Å²) < 4.78 is 39.6. The van der Waals surface area contributed by atoms with Gasteiger partial charge in [0, 0.05) is 5.56 Å². The number of allylic oxidation sites excluding steroid dienone is 1. The number of hydrogen-bond acceptors (Lipinski definition) is 5. The number of benzene rings is 3. The second kappa shape index (κ2) is 11.8. The van der Waals surface area contributed by atoms with E-state index in [0.717, 1.165) is 10.5 Å². The molecule has 1 aliphatic rings. The van der Waals surface area contributed by atoms with E-state index in [0.29, 0.717) is 35.7 Å². The molecule has 3 aromatic rings. The first-order chi connectivity index (χ1) is 18.3. The Kier molecular flexibility index (Phi) is 8.28. The van der Waals surface area contributed by atoms with Crippen LogP contribution in [0.5, 0.6) is 11.5 Å². The van der Waals surface area contributed by atoms with Crippen LogP contribution in [-0.4, -0.2) is 23.5 Å². The molecule has 3 aromatic carbocycles. The van der Waals surface area contributed by atoms with Crippen molar-refractivity contribution >= 4 is 40.9 Å². The van der Waals surface area contributed by atoms with Crippen LogP contribution in [0.3, 0.4) is 0 Å². The number of carbonyl (C=O) groups is 2. The Labute approximate surface area is 224 Å². The van der Waals surface area contributed by atoms with Crippen molar-refractivity contribution < 1.29 is 27.8 Å². The quantitative estimate of drug-likeness (QED) is 0.170. The van der Waals surface area contributed by atoms with Gasteiger partial charge in [-0.25, -0.2) is 13.7 Å². The third-order valence-electron chi connectivity index (χ3n) is 5.62. The van der Waals surface area contributed by atoms with Gasteiger partial charge in [-0.3, -0.25) is 14.9 Å². The fourth-order valence-electron chi connectivity index (χ4n) is 3.91. The molecule has 0 aliphatic carbocycles.